The number of nitrogens with two attached hydrogens (primary N) is 1. The Hall–Kier alpha value is -4.19. The number of thiazole rings is 1. The highest BCUT2D eigenvalue weighted by atomic mass is 79.9. The number of nitriles is 1. The van der Waals surface area contributed by atoms with Crippen LogP contribution in [0.5, 0.6) is 0 Å². The summed E-state index contributed by atoms with van der Waals surface area (Å²) in [6, 6.07) is 28.0. The van der Waals surface area contributed by atoms with Crippen LogP contribution < -0.4 is 25.8 Å². The molecule has 1 aromatic heterocycles. The average molecular weight is 555 g/mol. The van der Waals surface area contributed by atoms with Crippen molar-refractivity contribution in [2.45, 2.75) is 5.92 Å². The molecule has 1 atom stereocenters. The van der Waals surface area contributed by atoms with Gasteiger partial charge in [0.25, 0.3) is 11.5 Å². The fourth-order valence-corrected chi connectivity index (χ4v) is 5.62. The van der Waals surface area contributed by atoms with Crippen LogP contribution in [0.25, 0.3) is 17.5 Å². The fraction of sp³-hybridized carbons (Fsp3) is 0.0357. The Labute approximate surface area is 219 Å². The Morgan fingerprint density at radius 3 is 2.31 bits per heavy atom. The van der Waals surface area contributed by atoms with Crippen molar-refractivity contribution >= 4 is 56.3 Å². The smallest absolute Gasteiger partial charge is 0.274 e. The number of nitrogens with one attached hydrogen (secondary N) is 1. The number of anilines is 1. The van der Waals surface area contributed by atoms with Crippen LogP contribution in [0.3, 0.4) is 0 Å². The molecule has 1 unspecified atom stereocenters. The van der Waals surface area contributed by atoms with E-state index in [0.717, 1.165) is 15.6 Å². The van der Waals surface area contributed by atoms with Crippen molar-refractivity contribution in [3.05, 3.63) is 126 Å². The molecular formula is C28H19BrN4O2S. The zero-order valence-electron chi connectivity index (χ0n) is 18.8. The summed E-state index contributed by atoms with van der Waals surface area (Å²) >= 11 is 4.58. The number of carbonyl (C=O) groups excluding carboxylic acids is 1. The van der Waals surface area contributed by atoms with Crippen molar-refractivity contribution in [2.75, 3.05) is 5.32 Å². The quantitative estimate of drug-likeness (QED) is 0.401. The van der Waals surface area contributed by atoms with Gasteiger partial charge in [0.1, 0.15) is 10.5 Å². The maximum atomic E-state index is 13.8. The number of hydrogen-bond donors (Lipinski definition) is 2. The lowest BCUT2D eigenvalue weighted by Crippen LogP contribution is -2.40. The highest BCUT2D eigenvalue weighted by molar-refractivity contribution is 9.10. The van der Waals surface area contributed by atoms with Crippen molar-refractivity contribution in [3.63, 3.8) is 0 Å². The van der Waals surface area contributed by atoms with Crippen molar-refractivity contribution in [2.24, 2.45) is 5.73 Å². The fourth-order valence-electron chi connectivity index (χ4n) is 4.18. The van der Waals surface area contributed by atoms with Gasteiger partial charge in [-0.3, -0.25) is 14.2 Å². The minimum absolute atomic E-state index is 0.0375. The van der Waals surface area contributed by atoms with Crippen molar-refractivity contribution in [1.29, 1.82) is 5.26 Å². The van der Waals surface area contributed by atoms with Crippen LogP contribution >= 0.6 is 27.3 Å². The minimum atomic E-state index is -0.728. The summed E-state index contributed by atoms with van der Waals surface area (Å²) in [6.45, 7) is 0. The Morgan fingerprint density at radius 1 is 1.03 bits per heavy atom. The first-order valence-corrected chi connectivity index (χ1v) is 12.6. The lowest BCUT2D eigenvalue weighted by Gasteiger charge is -2.25. The molecular weight excluding hydrogens is 536 g/mol. The van der Waals surface area contributed by atoms with Crippen LogP contribution in [0.1, 0.15) is 17.0 Å². The predicted octanol–water partition coefficient (Wildman–Crippen LogP) is 3.74. The summed E-state index contributed by atoms with van der Waals surface area (Å²) in [5, 5.41) is 13.0. The van der Waals surface area contributed by atoms with Gasteiger partial charge in [0.05, 0.1) is 27.7 Å². The molecule has 3 N–H and O–H groups in total. The molecule has 0 saturated heterocycles. The first kappa shape index (κ1) is 23.5. The van der Waals surface area contributed by atoms with E-state index in [2.05, 4.69) is 27.3 Å². The normalized spacial score (nSPS) is 15.4. The molecule has 176 valence electrons. The highest BCUT2D eigenvalue weighted by Crippen LogP contribution is 2.36. The molecule has 1 amide bonds. The maximum Gasteiger partial charge on any atom is 0.274 e. The number of halogens is 1. The van der Waals surface area contributed by atoms with Gasteiger partial charge in [-0.15, -0.1) is 11.3 Å². The molecule has 0 radical (unpaired) electrons. The second kappa shape index (κ2) is 9.82. The summed E-state index contributed by atoms with van der Waals surface area (Å²) in [5.41, 5.74) is 8.68. The van der Waals surface area contributed by atoms with Gasteiger partial charge < -0.3 is 11.1 Å². The maximum absolute atomic E-state index is 13.8. The summed E-state index contributed by atoms with van der Waals surface area (Å²) < 4.78 is 2.98. The standard InChI is InChI=1S/C28H19BrN4O2S/c29-19-11-13-20(14-12-19)32-26(34)24-23(18-9-5-2-6-10-18)21(16-30)25(31)33-27(35)22(36-28(24)33)15-17-7-3-1-4-8-17/h1-15,23H,31H2,(H,32,34)/b22-15-. The average Bonchev–Trinajstić information content (AvgIpc) is 3.22. The first-order chi connectivity index (χ1) is 17.5. The monoisotopic (exact) mass is 554 g/mol. The van der Waals surface area contributed by atoms with Crippen molar-refractivity contribution in [1.82, 2.24) is 4.57 Å². The second-order valence-corrected chi connectivity index (χ2v) is 10.0. The van der Waals surface area contributed by atoms with Crippen LogP contribution in [0.2, 0.25) is 0 Å². The van der Waals surface area contributed by atoms with Gasteiger partial charge in [-0.25, -0.2) is 0 Å². The van der Waals surface area contributed by atoms with Crippen molar-refractivity contribution in [3.8, 4) is 6.07 Å². The largest absolute Gasteiger partial charge is 0.384 e. The summed E-state index contributed by atoms with van der Waals surface area (Å²) in [4.78, 5) is 27.3. The lowest BCUT2D eigenvalue weighted by atomic mass is 9.83. The number of amides is 1. The number of hydrogen-bond acceptors (Lipinski definition) is 5. The van der Waals surface area contributed by atoms with E-state index in [0.29, 0.717) is 20.5 Å². The van der Waals surface area contributed by atoms with E-state index in [4.69, 9.17) is 5.73 Å². The van der Waals surface area contributed by atoms with Crippen LogP contribution in [0.15, 0.2) is 99.8 Å². The summed E-state index contributed by atoms with van der Waals surface area (Å²) in [6.07, 6.45) is 1.76. The summed E-state index contributed by atoms with van der Waals surface area (Å²) in [5.74, 6) is -1.10. The SMILES string of the molecule is N#CC1=C(N)n2c(s/c(=C\c3ccccc3)c2=O)=C(C(=O)Nc2ccc(Br)cc2)C1c1ccccc1. The van der Waals surface area contributed by atoms with Crippen LogP contribution in [0.4, 0.5) is 5.69 Å². The van der Waals surface area contributed by atoms with Gasteiger partial charge in [-0.1, -0.05) is 76.6 Å². The van der Waals surface area contributed by atoms with Gasteiger partial charge >= 0.3 is 0 Å². The molecule has 2 heterocycles. The Kier molecular flexibility index (Phi) is 6.42. The Bertz CT molecular complexity index is 1710. The van der Waals surface area contributed by atoms with Gasteiger partial charge in [-0.2, -0.15) is 5.26 Å². The van der Waals surface area contributed by atoms with Gasteiger partial charge in [0, 0.05) is 10.2 Å². The first-order valence-electron chi connectivity index (χ1n) is 11.0. The van der Waals surface area contributed by atoms with E-state index < -0.39 is 11.8 Å². The summed E-state index contributed by atoms with van der Waals surface area (Å²) in [7, 11) is 0. The van der Waals surface area contributed by atoms with Crippen LogP contribution in [-0.4, -0.2) is 10.5 Å². The third-order valence-electron chi connectivity index (χ3n) is 5.85. The number of carbonyl (C=O) groups is 1. The van der Waals surface area contributed by atoms with E-state index in [1.807, 2.05) is 72.8 Å². The predicted molar refractivity (Wildman–Crippen MR) is 146 cm³/mol. The van der Waals surface area contributed by atoms with E-state index in [-0.39, 0.29) is 17.0 Å². The number of benzene rings is 3. The van der Waals surface area contributed by atoms with Gasteiger partial charge in [0.15, 0.2) is 0 Å². The van der Waals surface area contributed by atoms with Gasteiger partial charge in [-0.05, 0) is 41.5 Å². The van der Waals surface area contributed by atoms with E-state index in [9.17, 15) is 14.9 Å². The zero-order valence-corrected chi connectivity index (χ0v) is 21.2. The molecule has 0 bridgehead atoms. The van der Waals surface area contributed by atoms with Gasteiger partial charge in [0.2, 0.25) is 0 Å². The Balaban J connectivity index is 1.80. The van der Waals surface area contributed by atoms with E-state index in [1.165, 1.54) is 15.9 Å². The molecule has 1 aliphatic rings. The minimum Gasteiger partial charge on any atom is -0.384 e. The van der Waals surface area contributed by atoms with E-state index >= 15 is 0 Å². The third-order valence-corrected chi connectivity index (χ3v) is 7.48. The molecule has 8 heteroatoms. The molecule has 1 aliphatic heterocycles. The molecule has 0 aliphatic carbocycles. The molecule has 5 rings (SSSR count). The molecule has 6 nitrogen and oxygen atoms in total. The number of aromatic nitrogens is 1. The van der Waals surface area contributed by atoms with Crippen LogP contribution in [0, 0.1) is 11.3 Å². The van der Waals surface area contributed by atoms with Crippen LogP contribution in [-0.2, 0) is 4.79 Å². The molecule has 3 aromatic carbocycles. The van der Waals surface area contributed by atoms with E-state index in [1.54, 1.807) is 18.2 Å². The topological polar surface area (TPSA) is 101 Å². The number of allylic oxidation sites excluding steroid dienone is 1. The van der Waals surface area contributed by atoms with Crippen molar-refractivity contribution < 1.29 is 4.79 Å². The molecule has 4 aromatic rings. The second-order valence-electron chi connectivity index (χ2n) is 8.10. The number of nitrogens with zero attached hydrogens (tertiary/aromatic N) is 2. The lowest BCUT2D eigenvalue weighted by molar-refractivity contribution is -0.111. The third kappa shape index (κ3) is 4.31. The molecule has 0 fully saturated rings. The molecule has 36 heavy (non-hydrogen) atoms. The highest BCUT2D eigenvalue weighted by Gasteiger charge is 2.35. The number of rotatable bonds is 4. The molecule has 0 saturated carbocycles. The zero-order chi connectivity index (χ0) is 25.2. The Morgan fingerprint density at radius 2 is 1.67 bits per heavy atom. The molecule has 0 spiro atoms. The number of fused-ring (bicyclic) bond motifs is 1.